The molecular weight excluding hydrogens is 472 g/mol. The maximum atomic E-state index is 13.7. The summed E-state index contributed by atoms with van der Waals surface area (Å²) in [5.74, 6) is -1.37. The van der Waals surface area contributed by atoms with E-state index in [4.69, 9.17) is 4.74 Å². The minimum atomic E-state index is -4.89. The van der Waals surface area contributed by atoms with Gasteiger partial charge in [0.25, 0.3) is 5.91 Å². The van der Waals surface area contributed by atoms with Crippen molar-refractivity contribution in [1.29, 1.82) is 0 Å². The van der Waals surface area contributed by atoms with E-state index < -0.39 is 29.0 Å². The third kappa shape index (κ3) is 6.23. The van der Waals surface area contributed by atoms with E-state index in [9.17, 15) is 22.4 Å². The predicted molar refractivity (Wildman–Crippen MR) is 131 cm³/mol. The van der Waals surface area contributed by atoms with Gasteiger partial charge in [-0.3, -0.25) is 14.6 Å². The standard InChI is InChI=1S/C28H28F4N2O2/c1-20-5-8-22(9-6-20)34(27(35)25-14-7-21(29)19-26(25)28(30,31)32)23-10-12-24(13-11-23)36-18-17-33-15-3-2-4-16-33/h5-14,19H,2-4,15-18H2,1H3. The Morgan fingerprint density at radius 1 is 0.917 bits per heavy atom. The van der Waals surface area contributed by atoms with Crippen molar-refractivity contribution in [2.24, 2.45) is 0 Å². The third-order valence-corrected chi connectivity index (χ3v) is 6.23. The minimum Gasteiger partial charge on any atom is -0.492 e. The van der Waals surface area contributed by atoms with Crippen molar-refractivity contribution >= 4 is 17.3 Å². The van der Waals surface area contributed by atoms with Crippen LogP contribution < -0.4 is 9.64 Å². The lowest BCUT2D eigenvalue weighted by atomic mass is 10.0. The summed E-state index contributed by atoms with van der Waals surface area (Å²) in [7, 11) is 0. The maximum Gasteiger partial charge on any atom is 0.417 e. The van der Waals surface area contributed by atoms with Gasteiger partial charge in [0.2, 0.25) is 0 Å². The number of halogens is 4. The number of amides is 1. The second-order valence-electron chi connectivity index (χ2n) is 8.91. The second-order valence-corrected chi connectivity index (χ2v) is 8.91. The number of hydrogen-bond donors (Lipinski definition) is 0. The van der Waals surface area contributed by atoms with Crippen LogP contribution in [0.2, 0.25) is 0 Å². The van der Waals surface area contributed by atoms with E-state index in [0.717, 1.165) is 37.3 Å². The first-order valence-corrected chi connectivity index (χ1v) is 12.0. The van der Waals surface area contributed by atoms with Gasteiger partial charge in [-0.1, -0.05) is 24.1 Å². The first-order valence-electron chi connectivity index (χ1n) is 12.0. The van der Waals surface area contributed by atoms with Crippen molar-refractivity contribution in [3.05, 3.63) is 89.2 Å². The fourth-order valence-corrected chi connectivity index (χ4v) is 4.30. The molecule has 1 heterocycles. The zero-order chi connectivity index (χ0) is 25.7. The lowest BCUT2D eigenvalue weighted by Gasteiger charge is -2.26. The van der Waals surface area contributed by atoms with Crippen LogP contribution in [-0.2, 0) is 6.18 Å². The number of piperidine rings is 1. The smallest absolute Gasteiger partial charge is 0.417 e. The number of carbonyl (C=O) groups excluding carboxylic acids is 1. The summed E-state index contributed by atoms with van der Waals surface area (Å²) in [5.41, 5.74) is -0.263. The molecule has 0 N–H and O–H groups in total. The molecule has 0 unspecified atom stereocenters. The molecule has 0 spiro atoms. The SMILES string of the molecule is Cc1ccc(N(C(=O)c2ccc(F)cc2C(F)(F)F)c2ccc(OCCN3CCCCC3)cc2)cc1. The number of aryl methyl sites for hydroxylation is 1. The molecule has 4 rings (SSSR count). The topological polar surface area (TPSA) is 32.8 Å². The summed E-state index contributed by atoms with van der Waals surface area (Å²) in [4.78, 5) is 17.1. The average molecular weight is 501 g/mol. The molecule has 3 aromatic rings. The fourth-order valence-electron chi connectivity index (χ4n) is 4.30. The van der Waals surface area contributed by atoms with Gasteiger partial charge in [-0.15, -0.1) is 0 Å². The van der Waals surface area contributed by atoms with Crippen LogP contribution in [0.15, 0.2) is 66.7 Å². The highest BCUT2D eigenvalue weighted by Crippen LogP contribution is 2.36. The summed E-state index contributed by atoms with van der Waals surface area (Å²) in [6, 6.07) is 15.6. The Kier molecular flexibility index (Phi) is 7.94. The molecule has 8 heteroatoms. The van der Waals surface area contributed by atoms with Gasteiger partial charge < -0.3 is 4.74 Å². The van der Waals surface area contributed by atoms with E-state index in [0.29, 0.717) is 29.8 Å². The fraction of sp³-hybridized carbons (Fsp3) is 0.321. The van der Waals surface area contributed by atoms with Crippen LogP contribution in [0.25, 0.3) is 0 Å². The Morgan fingerprint density at radius 3 is 2.14 bits per heavy atom. The molecule has 1 saturated heterocycles. The Labute approximate surface area is 208 Å². The molecule has 0 bridgehead atoms. The monoisotopic (exact) mass is 500 g/mol. The van der Waals surface area contributed by atoms with Gasteiger partial charge in [0, 0.05) is 17.9 Å². The van der Waals surface area contributed by atoms with Crippen molar-refractivity contribution in [1.82, 2.24) is 4.90 Å². The summed E-state index contributed by atoms with van der Waals surface area (Å²) in [5, 5.41) is 0. The summed E-state index contributed by atoms with van der Waals surface area (Å²) >= 11 is 0. The number of alkyl halides is 3. The summed E-state index contributed by atoms with van der Waals surface area (Å²) < 4.78 is 60.5. The predicted octanol–water partition coefficient (Wildman–Crippen LogP) is 7.00. The Balaban J connectivity index is 1.60. The van der Waals surface area contributed by atoms with E-state index in [2.05, 4.69) is 4.90 Å². The van der Waals surface area contributed by atoms with Crippen LogP contribution in [0.1, 0.15) is 40.7 Å². The number of rotatable bonds is 7. The zero-order valence-electron chi connectivity index (χ0n) is 20.0. The lowest BCUT2D eigenvalue weighted by molar-refractivity contribution is -0.138. The molecule has 0 aromatic heterocycles. The largest absolute Gasteiger partial charge is 0.492 e. The van der Waals surface area contributed by atoms with Gasteiger partial charge in [0.1, 0.15) is 18.2 Å². The highest BCUT2D eigenvalue weighted by Gasteiger charge is 2.37. The molecule has 0 radical (unpaired) electrons. The molecule has 1 amide bonds. The molecule has 1 fully saturated rings. The van der Waals surface area contributed by atoms with Crippen LogP contribution in [0.5, 0.6) is 5.75 Å². The normalized spacial score (nSPS) is 14.5. The van der Waals surface area contributed by atoms with Gasteiger partial charge in [-0.25, -0.2) is 4.39 Å². The Hall–Kier alpha value is -3.39. The van der Waals surface area contributed by atoms with Gasteiger partial charge in [-0.2, -0.15) is 13.2 Å². The molecule has 0 saturated carbocycles. The van der Waals surface area contributed by atoms with E-state index in [-0.39, 0.29) is 0 Å². The third-order valence-electron chi connectivity index (χ3n) is 6.23. The number of ether oxygens (including phenoxy) is 1. The highest BCUT2D eigenvalue weighted by molar-refractivity contribution is 6.11. The molecule has 1 aliphatic rings. The molecular formula is C28H28F4N2O2. The van der Waals surface area contributed by atoms with Crippen LogP contribution in [0.3, 0.4) is 0 Å². The van der Waals surface area contributed by atoms with Crippen LogP contribution in [0, 0.1) is 12.7 Å². The minimum absolute atomic E-state index is 0.347. The second kappa shape index (κ2) is 11.1. The van der Waals surface area contributed by atoms with Crippen LogP contribution in [-0.4, -0.2) is 37.0 Å². The first kappa shape index (κ1) is 25.7. The number of benzene rings is 3. The Bertz CT molecular complexity index is 1170. The molecule has 4 nitrogen and oxygen atoms in total. The Morgan fingerprint density at radius 2 is 1.53 bits per heavy atom. The average Bonchev–Trinajstić information content (AvgIpc) is 2.86. The van der Waals surface area contributed by atoms with E-state index >= 15 is 0 Å². The van der Waals surface area contributed by atoms with E-state index in [1.807, 2.05) is 6.92 Å². The summed E-state index contributed by atoms with van der Waals surface area (Å²) in [6.07, 6.45) is -1.24. The summed E-state index contributed by atoms with van der Waals surface area (Å²) in [6.45, 7) is 5.34. The van der Waals surface area contributed by atoms with E-state index in [1.54, 1.807) is 48.5 Å². The number of anilines is 2. The zero-order valence-corrected chi connectivity index (χ0v) is 20.0. The molecule has 0 aliphatic carbocycles. The number of likely N-dealkylation sites (tertiary alicyclic amines) is 1. The van der Waals surface area contributed by atoms with Gasteiger partial charge in [-0.05, 0) is 87.5 Å². The molecule has 3 aromatic carbocycles. The van der Waals surface area contributed by atoms with Crippen molar-refractivity contribution < 1.29 is 27.1 Å². The number of carbonyl (C=O) groups is 1. The molecule has 36 heavy (non-hydrogen) atoms. The number of nitrogens with zero attached hydrogens (tertiary/aromatic N) is 2. The van der Waals surface area contributed by atoms with E-state index in [1.165, 1.54) is 24.2 Å². The van der Waals surface area contributed by atoms with Crippen LogP contribution >= 0.6 is 0 Å². The lowest BCUT2D eigenvalue weighted by Crippen LogP contribution is -2.33. The molecule has 1 aliphatic heterocycles. The van der Waals surface area contributed by atoms with Gasteiger partial charge >= 0.3 is 6.18 Å². The maximum absolute atomic E-state index is 13.7. The molecule has 190 valence electrons. The van der Waals surface area contributed by atoms with Crippen LogP contribution in [0.4, 0.5) is 28.9 Å². The van der Waals surface area contributed by atoms with Crippen molar-refractivity contribution in [2.45, 2.75) is 32.4 Å². The van der Waals surface area contributed by atoms with Crippen molar-refractivity contribution in [3.8, 4) is 5.75 Å². The van der Waals surface area contributed by atoms with Gasteiger partial charge in [0.15, 0.2) is 0 Å². The first-order chi connectivity index (χ1) is 17.2. The number of hydrogen-bond acceptors (Lipinski definition) is 3. The van der Waals surface area contributed by atoms with Crippen molar-refractivity contribution in [3.63, 3.8) is 0 Å². The van der Waals surface area contributed by atoms with Gasteiger partial charge in [0.05, 0.1) is 11.1 Å². The highest BCUT2D eigenvalue weighted by atomic mass is 19.4. The quantitative estimate of drug-likeness (QED) is 0.328. The van der Waals surface area contributed by atoms with Crippen molar-refractivity contribution in [2.75, 3.05) is 31.1 Å². The molecule has 0 atom stereocenters.